The highest BCUT2D eigenvalue weighted by Crippen LogP contribution is 2.49. The van der Waals surface area contributed by atoms with Crippen LogP contribution in [0, 0.1) is 0 Å². The molecule has 0 amide bonds. The smallest absolute Gasteiger partial charge is 0.229 e. The third-order valence-corrected chi connectivity index (χ3v) is 2.09. The van der Waals surface area contributed by atoms with Crippen LogP contribution in [-0.4, -0.2) is 24.2 Å². The molecule has 108 valence electrons. The van der Waals surface area contributed by atoms with Gasteiger partial charge in [0.05, 0.1) is 5.57 Å². The molecular formula is C8H6F10. The minimum Gasteiger partial charge on any atom is -0.229 e. The van der Waals surface area contributed by atoms with E-state index < -0.39 is 42.3 Å². The van der Waals surface area contributed by atoms with E-state index in [0.29, 0.717) is 0 Å². The maximum atomic E-state index is 13.1. The minimum atomic E-state index is -6.12. The number of halogens is 10. The highest BCUT2D eigenvalue weighted by atomic mass is 19.4. The maximum absolute atomic E-state index is 13.1. The van der Waals surface area contributed by atoms with Gasteiger partial charge in [0, 0.05) is 5.57 Å². The number of rotatable bonds is 1. The third-order valence-electron chi connectivity index (χ3n) is 2.09. The molecule has 1 atom stereocenters. The van der Waals surface area contributed by atoms with Gasteiger partial charge in [-0.3, -0.25) is 0 Å². The molecule has 0 aliphatic heterocycles. The second kappa shape index (κ2) is 4.30. The Hall–Kier alpha value is -0.960. The van der Waals surface area contributed by atoms with Gasteiger partial charge >= 0.3 is 18.5 Å². The largest absolute Gasteiger partial charge is 0.426 e. The van der Waals surface area contributed by atoms with Gasteiger partial charge in [-0.2, -0.15) is 39.5 Å². The molecule has 0 aromatic rings. The zero-order valence-corrected chi connectivity index (χ0v) is 8.78. The van der Waals surface area contributed by atoms with E-state index in [4.69, 9.17) is 0 Å². The molecular weight excluding hydrogens is 286 g/mol. The first-order chi connectivity index (χ1) is 7.53. The summed E-state index contributed by atoms with van der Waals surface area (Å²) in [6, 6.07) is 0. The molecule has 0 rings (SSSR count). The normalized spacial score (nSPS) is 19.3. The van der Waals surface area contributed by atoms with Crippen molar-refractivity contribution in [3.05, 3.63) is 11.1 Å². The van der Waals surface area contributed by atoms with E-state index in [9.17, 15) is 43.9 Å². The van der Waals surface area contributed by atoms with Gasteiger partial charge < -0.3 is 0 Å². The molecule has 0 aliphatic carbocycles. The van der Waals surface area contributed by atoms with Crippen LogP contribution in [0.2, 0.25) is 0 Å². The Kier molecular flexibility index (Phi) is 4.07. The standard InChI is InChI=1S/C8H6F10/c1-3(6(10,11)12)4(7(13,14)15)5(2,9)8(16,17)18/h1-2H3/b4-3+. The van der Waals surface area contributed by atoms with Crippen molar-refractivity contribution in [2.24, 2.45) is 0 Å². The summed E-state index contributed by atoms with van der Waals surface area (Å²) in [4.78, 5) is 0. The quantitative estimate of drug-likeness (QED) is 0.484. The van der Waals surface area contributed by atoms with Crippen LogP contribution in [-0.2, 0) is 0 Å². The van der Waals surface area contributed by atoms with Gasteiger partial charge in [0.15, 0.2) is 0 Å². The van der Waals surface area contributed by atoms with Crippen molar-refractivity contribution < 1.29 is 43.9 Å². The number of alkyl halides is 10. The van der Waals surface area contributed by atoms with Crippen LogP contribution in [0.3, 0.4) is 0 Å². The summed E-state index contributed by atoms with van der Waals surface area (Å²) in [6.45, 7) is -0.864. The summed E-state index contributed by atoms with van der Waals surface area (Å²) >= 11 is 0. The molecule has 0 spiro atoms. The highest BCUT2D eigenvalue weighted by molar-refractivity contribution is 5.31. The van der Waals surface area contributed by atoms with E-state index in [2.05, 4.69) is 0 Å². The molecule has 0 nitrogen and oxygen atoms in total. The van der Waals surface area contributed by atoms with Gasteiger partial charge in [0.25, 0.3) is 0 Å². The van der Waals surface area contributed by atoms with E-state index in [1.165, 1.54) is 0 Å². The summed E-state index contributed by atoms with van der Waals surface area (Å²) in [5.74, 6) is 0. The molecule has 0 heterocycles. The van der Waals surface area contributed by atoms with Gasteiger partial charge in [-0.05, 0) is 13.8 Å². The first-order valence-corrected chi connectivity index (χ1v) is 4.14. The lowest BCUT2D eigenvalue weighted by molar-refractivity contribution is -0.231. The molecule has 0 N–H and O–H groups in total. The third kappa shape index (κ3) is 3.29. The average Bonchev–Trinajstić information content (AvgIpc) is 1.95. The van der Waals surface area contributed by atoms with Crippen molar-refractivity contribution in [3.63, 3.8) is 0 Å². The molecule has 0 saturated carbocycles. The zero-order chi connectivity index (χ0) is 15.2. The van der Waals surface area contributed by atoms with Crippen molar-refractivity contribution >= 4 is 0 Å². The van der Waals surface area contributed by atoms with Gasteiger partial charge in [0.1, 0.15) is 0 Å². The van der Waals surface area contributed by atoms with Crippen LogP contribution in [0.25, 0.3) is 0 Å². The number of allylic oxidation sites excluding steroid dienone is 2. The Morgan fingerprint density at radius 2 is 1.00 bits per heavy atom. The second-order valence-electron chi connectivity index (χ2n) is 3.50. The van der Waals surface area contributed by atoms with Crippen molar-refractivity contribution in [1.82, 2.24) is 0 Å². The van der Waals surface area contributed by atoms with Crippen LogP contribution < -0.4 is 0 Å². The van der Waals surface area contributed by atoms with E-state index in [-0.39, 0.29) is 6.92 Å². The Morgan fingerprint density at radius 1 is 0.667 bits per heavy atom. The SMILES string of the molecule is C/C(=C(\C(F)(F)F)C(C)(F)C(F)(F)F)C(F)(F)F. The van der Waals surface area contributed by atoms with Crippen LogP contribution in [0.1, 0.15) is 13.8 Å². The molecule has 0 bridgehead atoms. The first kappa shape index (κ1) is 17.0. The highest BCUT2D eigenvalue weighted by Gasteiger charge is 2.64. The van der Waals surface area contributed by atoms with Crippen molar-refractivity contribution in [1.29, 1.82) is 0 Å². The summed E-state index contributed by atoms with van der Waals surface area (Å²) in [6.07, 6.45) is -17.9. The van der Waals surface area contributed by atoms with Crippen LogP contribution in [0.4, 0.5) is 43.9 Å². The van der Waals surface area contributed by atoms with E-state index >= 15 is 0 Å². The first-order valence-electron chi connectivity index (χ1n) is 4.14. The molecule has 18 heavy (non-hydrogen) atoms. The van der Waals surface area contributed by atoms with Gasteiger partial charge in [-0.1, -0.05) is 0 Å². The van der Waals surface area contributed by atoms with E-state index in [1.807, 2.05) is 0 Å². The fourth-order valence-electron chi connectivity index (χ4n) is 1.11. The molecule has 0 radical (unpaired) electrons. The lowest BCUT2D eigenvalue weighted by atomic mass is 9.91. The second-order valence-corrected chi connectivity index (χ2v) is 3.50. The van der Waals surface area contributed by atoms with Gasteiger partial charge in [0.2, 0.25) is 5.67 Å². The fraction of sp³-hybridized carbons (Fsp3) is 0.750. The van der Waals surface area contributed by atoms with Crippen molar-refractivity contribution in [3.8, 4) is 0 Å². The summed E-state index contributed by atoms with van der Waals surface area (Å²) < 4.78 is 122. The Labute approximate surface area is 94.3 Å². The topological polar surface area (TPSA) is 0 Å². The predicted molar refractivity (Wildman–Crippen MR) is 40.4 cm³/mol. The summed E-state index contributed by atoms with van der Waals surface area (Å²) in [5.41, 5.74) is -11.1. The van der Waals surface area contributed by atoms with Gasteiger partial charge in [-0.15, -0.1) is 0 Å². The molecule has 1 unspecified atom stereocenters. The van der Waals surface area contributed by atoms with Crippen LogP contribution >= 0.6 is 0 Å². The molecule has 0 aliphatic rings. The predicted octanol–water partition coefficient (Wildman–Crippen LogP) is 4.72. The maximum Gasteiger partial charge on any atom is 0.426 e. The lowest BCUT2D eigenvalue weighted by Crippen LogP contribution is -2.46. The summed E-state index contributed by atoms with van der Waals surface area (Å²) in [7, 11) is 0. The van der Waals surface area contributed by atoms with Crippen molar-refractivity contribution in [2.45, 2.75) is 38.0 Å². The lowest BCUT2D eigenvalue weighted by Gasteiger charge is -2.30. The van der Waals surface area contributed by atoms with E-state index in [0.717, 1.165) is 0 Å². The van der Waals surface area contributed by atoms with Crippen LogP contribution in [0.15, 0.2) is 11.1 Å². The Bertz CT molecular complexity index is 336. The monoisotopic (exact) mass is 292 g/mol. The van der Waals surface area contributed by atoms with Crippen molar-refractivity contribution in [2.75, 3.05) is 0 Å². The average molecular weight is 292 g/mol. The Balaban J connectivity index is 6.18. The zero-order valence-electron chi connectivity index (χ0n) is 8.78. The molecule has 0 fully saturated rings. The summed E-state index contributed by atoms with van der Waals surface area (Å²) in [5, 5.41) is 0. The Morgan fingerprint density at radius 3 is 1.17 bits per heavy atom. The minimum absolute atomic E-state index is 0.258. The molecule has 0 aromatic carbocycles. The fourth-order valence-corrected chi connectivity index (χ4v) is 1.11. The molecule has 10 heteroatoms. The number of hydrogen-bond acceptors (Lipinski definition) is 0. The van der Waals surface area contributed by atoms with Gasteiger partial charge in [-0.25, -0.2) is 4.39 Å². The van der Waals surface area contributed by atoms with E-state index in [1.54, 1.807) is 0 Å². The van der Waals surface area contributed by atoms with Crippen LogP contribution in [0.5, 0.6) is 0 Å². The number of hydrogen-bond donors (Lipinski definition) is 0. The molecule has 0 aromatic heterocycles. The molecule has 0 saturated heterocycles.